The fourth-order valence-electron chi connectivity index (χ4n) is 2.87. The minimum atomic E-state index is -0.0123. The van der Waals surface area contributed by atoms with Gasteiger partial charge in [-0.2, -0.15) is 0 Å². The number of carbonyl (C=O) groups excluding carboxylic acids is 1. The summed E-state index contributed by atoms with van der Waals surface area (Å²) in [6.45, 7) is 9.95. The maximum absolute atomic E-state index is 12.5. The van der Waals surface area contributed by atoms with E-state index in [0.717, 1.165) is 44.5 Å². The van der Waals surface area contributed by atoms with Crippen molar-refractivity contribution < 1.29 is 4.79 Å². The maximum Gasteiger partial charge on any atom is 0.274 e. The van der Waals surface area contributed by atoms with E-state index < -0.39 is 0 Å². The summed E-state index contributed by atoms with van der Waals surface area (Å²) in [5.74, 6) is 0.473. The maximum atomic E-state index is 12.5. The van der Waals surface area contributed by atoms with E-state index in [9.17, 15) is 4.79 Å². The Kier molecular flexibility index (Phi) is 8.85. The molecule has 1 aliphatic rings. The summed E-state index contributed by atoms with van der Waals surface area (Å²) in [6, 6.07) is 0. The Bertz CT molecular complexity index is 688. The summed E-state index contributed by atoms with van der Waals surface area (Å²) in [6.07, 6.45) is 12.1. The Morgan fingerprint density at radius 2 is 1.74 bits per heavy atom. The number of nitrogens with zero attached hydrogens (tertiary/aromatic N) is 4. The number of rotatable bonds is 5. The zero-order chi connectivity index (χ0) is 19.6. The number of carbonyl (C=O) groups is 1. The molecule has 1 amide bonds. The van der Waals surface area contributed by atoms with E-state index >= 15 is 0 Å². The monoisotopic (exact) mass is 388 g/mol. The lowest BCUT2D eigenvalue weighted by atomic mass is 9.97. The highest BCUT2D eigenvalue weighted by molar-refractivity contribution is 7.11. The van der Waals surface area contributed by atoms with Crippen LogP contribution in [0.3, 0.4) is 0 Å². The van der Waals surface area contributed by atoms with Crippen LogP contribution in [0.1, 0.15) is 84.9 Å². The van der Waals surface area contributed by atoms with Crippen molar-refractivity contribution in [1.82, 2.24) is 19.9 Å². The summed E-state index contributed by atoms with van der Waals surface area (Å²) in [7, 11) is 0. The number of aryl methyl sites for hydroxylation is 2. The van der Waals surface area contributed by atoms with Crippen LogP contribution in [0.25, 0.3) is 0 Å². The Morgan fingerprint density at radius 3 is 2.30 bits per heavy atom. The van der Waals surface area contributed by atoms with Crippen molar-refractivity contribution in [3.63, 3.8) is 0 Å². The molecule has 1 saturated heterocycles. The summed E-state index contributed by atoms with van der Waals surface area (Å²) in [5, 5.41) is 1.23. The topological polar surface area (TPSA) is 59.0 Å². The predicted molar refractivity (Wildman–Crippen MR) is 111 cm³/mol. The Balaban J connectivity index is 0.000000596. The second-order valence-corrected chi connectivity index (χ2v) is 8.17. The summed E-state index contributed by atoms with van der Waals surface area (Å²) in [4.78, 5) is 28.6. The minimum Gasteiger partial charge on any atom is -0.337 e. The highest BCUT2D eigenvalue weighted by Crippen LogP contribution is 2.31. The molecule has 0 radical (unpaired) electrons. The van der Waals surface area contributed by atoms with Crippen molar-refractivity contribution >= 4 is 17.2 Å². The van der Waals surface area contributed by atoms with Gasteiger partial charge in [0.25, 0.3) is 5.91 Å². The third kappa shape index (κ3) is 6.38. The van der Waals surface area contributed by atoms with Gasteiger partial charge in [0.2, 0.25) is 0 Å². The van der Waals surface area contributed by atoms with Crippen LogP contribution in [0.2, 0.25) is 0 Å². The largest absolute Gasteiger partial charge is 0.337 e. The molecule has 0 bridgehead atoms. The van der Waals surface area contributed by atoms with E-state index in [2.05, 4.69) is 35.7 Å². The highest BCUT2D eigenvalue weighted by atomic mass is 32.1. The van der Waals surface area contributed by atoms with E-state index in [1.54, 1.807) is 12.4 Å². The van der Waals surface area contributed by atoms with Gasteiger partial charge in [-0.25, -0.2) is 9.97 Å². The van der Waals surface area contributed by atoms with Gasteiger partial charge in [-0.05, 0) is 26.2 Å². The molecule has 2 aromatic heterocycles. The van der Waals surface area contributed by atoms with Gasteiger partial charge in [0.1, 0.15) is 5.69 Å². The number of amides is 1. The van der Waals surface area contributed by atoms with Gasteiger partial charge in [-0.15, -0.1) is 11.3 Å². The summed E-state index contributed by atoms with van der Waals surface area (Å²) >= 11 is 1.83. The molecule has 0 atom stereocenters. The lowest BCUT2D eigenvalue weighted by molar-refractivity contribution is 0.0706. The molecule has 3 rings (SSSR count). The van der Waals surface area contributed by atoms with Crippen molar-refractivity contribution in [1.29, 1.82) is 0 Å². The van der Waals surface area contributed by atoms with Gasteiger partial charge in [-0.3, -0.25) is 9.78 Å². The van der Waals surface area contributed by atoms with Gasteiger partial charge < -0.3 is 4.90 Å². The van der Waals surface area contributed by atoms with E-state index in [-0.39, 0.29) is 5.91 Å². The molecule has 1 aliphatic heterocycles. The van der Waals surface area contributed by atoms with Crippen molar-refractivity contribution in [3.05, 3.63) is 39.9 Å². The normalized spacial score (nSPS) is 14.6. The molecule has 27 heavy (non-hydrogen) atoms. The van der Waals surface area contributed by atoms with Crippen LogP contribution in [-0.4, -0.2) is 38.8 Å². The molecule has 148 valence electrons. The van der Waals surface area contributed by atoms with Crippen LogP contribution >= 0.6 is 11.3 Å². The zero-order valence-electron chi connectivity index (χ0n) is 17.1. The third-order valence-corrected chi connectivity index (χ3v) is 5.92. The van der Waals surface area contributed by atoms with Gasteiger partial charge in [-0.1, -0.05) is 40.0 Å². The standard InChI is InChI=1S/C17H22N4OS.C4H10/c1-3-4-14-10-20-16(23-14)13-5-7-21(8-6-13)17(22)15-11-18-12(2)9-19-15;1-3-4-2/h9-11,13H,3-8H2,1-2H3;3-4H2,1-2H3. The average molecular weight is 389 g/mol. The number of aromatic nitrogens is 3. The SMILES string of the molecule is CCCC.CCCc1cnc(C2CCN(C(=O)c3cnc(C)cn3)CC2)s1. The van der Waals surface area contributed by atoms with Crippen molar-refractivity contribution in [2.75, 3.05) is 13.1 Å². The van der Waals surface area contributed by atoms with Crippen molar-refractivity contribution in [2.45, 2.75) is 72.1 Å². The lowest BCUT2D eigenvalue weighted by Gasteiger charge is -2.30. The number of hydrogen-bond donors (Lipinski definition) is 0. The molecule has 3 heterocycles. The van der Waals surface area contributed by atoms with Gasteiger partial charge in [0.05, 0.1) is 16.9 Å². The second-order valence-electron chi connectivity index (χ2n) is 7.02. The number of unbranched alkanes of at least 4 members (excludes halogenated alkanes) is 1. The molecule has 0 N–H and O–H groups in total. The average Bonchev–Trinajstić information content (AvgIpc) is 3.17. The molecule has 0 aliphatic carbocycles. The lowest BCUT2D eigenvalue weighted by Crippen LogP contribution is -2.38. The van der Waals surface area contributed by atoms with Crippen LogP contribution in [-0.2, 0) is 6.42 Å². The summed E-state index contributed by atoms with van der Waals surface area (Å²) < 4.78 is 0. The Labute approximate surface area is 167 Å². The van der Waals surface area contributed by atoms with Gasteiger partial charge in [0.15, 0.2) is 0 Å². The Morgan fingerprint density at radius 1 is 1.04 bits per heavy atom. The first kappa shape index (κ1) is 21.5. The first-order chi connectivity index (χ1) is 13.1. The zero-order valence-corrected chi connectivity index (χ0v) is 17.9. The quantitative estimate of drug-likeness (QED) is 0.721. The third-order valence-electron chi connectivity index (χ3n) is 4.70. The molecule has 6 heteroatoms. The molecular weight excluding hydrogens is 356 g/mol. The first-order valence-corrected chi connectivity index (χ1v) is 10.9. The van der Waals surface area contributed by atoms with Crippen LogP contribution in [0.4, 0.5) is 0 Å². The van der Waals surface area contributed by atoms with Crippen LogP contribution in [0.15, 0.2) is 18.6 Å². The van der Waals surface area contributed by atoms with Crippen molar-refractivity contribution in [2.24, 2.45) is 0 Å². The van der Waals surface area contributed by atoms with E-state index in [4.69, 9.17) is 0 Å². The number of thiazole rings is 1. The van der Waals surface area contributed by atoms with E-state index in [0.29, 0.717) is 11.6 Å². The minimum absolute atomic E-state index is 0.0123. The molecule has 0 aromatic carbocycles. The molecule has 0 saturated carbocycles. The van der Waals surface area contributed by atoms with Gasteiger partial charge in [0, 0.05) is 36.3 Å². The molecule has 1 fully saturated rings. The number of hydrogen-bond acceptors (Lipinski definition) is 5. The van der Waals surface area contributed by atoms with Crippen molar-refractivity contribution in [3.8, 4) is 0 Å². The smallest absolute Gasteiger partial charge is 0.274 e. The summed E-state index contributed by atoms with van der Waals surface area (Å²) in [5.41, 5.74) is 1.26. The predicted octanol–water partition coefficient (Wildman–Crippen LogP) is 5.02. The van der Waals surface area contributed by atoms with Gasteiger partial charge >= 0.3 is 0 Å². The van der Waals surface area contributed by atoms with E-state index in [1.165, 1.54) is 22.7 Å². The molecule has 0 spiro atoms. The molecule has 2 aromatic rings. The first-order valence-electron chi connectivity index (χ1n) is 10.1. The number of piperidine rings is 1. The second kappa shape index (κ2) is 11.1. The highest BCUT2D eigenvalue weighted by Gasteiger charge is 2.26. The fourth-order valence-corrected chi connectivity index (χ4v) is 4.06. The Hall–Kier alpha value is -1.82. The van der Waals surface area contributed by atoms with E-state index in [1.807, 2.05) is 29.4 Å². The van der Waals surface area contributed by atoms with Crippen LogP contribution in [0, 0.1) is 6.92 Å². The fraction of sp³-hybridized carbons (Fsp3) is 0.619. The molecule has 5 nitrogen and oxygen atoms in total. The molecular formula is C21H32N4OS. The van der Waals surface area contributed by atoms with Crippen LogP contribution in [0.5, 0.6) is 0 Å². The number of likely N-dealkylation sites (tertiary alicyclic amines) is 1. The van der Waals surface area contributed by atoms with Crippen LogP contribution < -0.4 is 0 Å². The molecule has 0 unspecified atom stereocenters.